The van der Waals surface area contributed by atoms with Gasteiger partial charge in [0.1, 0.15) is 19.3 Å². The van der Waals surface area contributed by atoms with Gasteiger partial charge in [-0.15, -0.1) is 0 Å². The summed E-state index contributed by atoms with van der Waals surface area (Å²) in [6.45, 7) is 2.19. The van der Waals surface area contributed by atoms with E-state index in [1.54, 1.807) is 16.7 Å². The minimum absolute atomic E-state index is 0.0123. The molecule has 0 unspecified atom stereocenters. The summed E-state index contributed by atoms with van der Waals surface area (Å²) in [5.74, 6) is 1.52. The molecule has 1 aliphatic rings. The molecule has 1 N–H and O–H groups in total. The van der Waals surface area contributed by atoms with Gasteiger partial charge in [0.25, 0.3) is 11.7 Å². The van der Waals surface area contributed by atoms with Gasteiger partial charge in [0.05, 0.1) is 18.7 Å². The number of halogens is 3. The number of piperazine rings is 1. The second kappa shape index (κ2) is 8.21. The molecule has 1 aromatic heterocycles. The first-order chi connectivity index (χ1) is 12.9. The van der Waals surface area contributed by atoms with Crippen LogP contribution < -0.4 is 9.88 Å². The van der Waals surface area contributed by atoms with E-state index in [4.69, 9.17) is 0 Å². The highest BCUT2D eigenvalue weighted by atomic mass is 32.2. The summed E-state index contributed by atoms with van der Waals surface area (Å²) < 4.78 is 38.0. The van der Waals surface area contributed by atoms with Gasteiger partial charge >= 0.3 is 6.18 Å². The van der Waals surface area contributed by atoms with Crippen LogP contribution in [0.5, 0.6) is 0 Å². The van der Waals surface area contributed by atoms with E-state index < -0.39 is 11.7 Å². The van der Waals surface area contributed by atoms with Gasteiger partial charge in [-0.2, -0.15) is 24.9 Å². The smallest absolute Gasteiger partial charge is 0.331 e. The van der Waals surface area contributed by atoms with Crippen LogP contribution in [-0.4, -0.2) is 43.2 Å². The van der Waals surface area contributed by atoms with Crippen molar-refractivity contribution in [3.63, 3.8) is 0 Å². The molecule has 0 atom stereocenters. The first kappa shape index (κ1) is 19.5. The second-order valence-corrected chi connectivity index (χ2v) is 7.24. The maximum absolute atomic E-state index is 12.7. The quantitative estimate of drug-likeness (QED) is 0.796. The van der Waals surface area contributed by atoms with Crippen LogP contribution in [0.15, 0.2) is 42.6 Å². The van der Waals surface area contributed by atoms with E-state index in [-0.39, 0.29) is 5.91 Å². The first-order valence-electron chi connectivity index (χ1n) is 8.59. The molecule has 4 nitrogen and oxygen atoms in total. The second-order valence-electron chi connectivity index (χ2n) is 6.37. The van der Waals surface area contributed by atoms with Crippen LogP contribution in [0, 0.1) is 0 Å². The zero-order valence-electron chi connectivity index (χ0n) is 14.9. The van der Waals surface area contributed by atoms with Crippen molar-refractivity contribution in [2.45, 2.75) is 11.9 Å². The number of anilines is 1. The molecule has 0 saturated carbocycles. The average molecular weight is 396 g/mol. The van der Waals surface area contributed by atoms with Crippen LogP contribution >= 0.6 is 11.8 Å². The van der Waals surface area contributed by atoms with Gasteiger partial charge in [-0.1, -0.05) is 12.1 Å². The number of alkyl halides is 3. The van der Waals surface area contributed by atoms with E-state index in [9.17, 15) is 18.0 Å². The van der Waals surface area contributed by atoms with Crippen molar-refractivity contribution in [3.05, 3.63) is 59.3 Å². The SMILES string of the molecule is CSCc1ccc(C(=O)N2CCN(c3ccc(C(F)(F)F)c[nH+]3)CC2)cc1. The lowest BCUT2D eigenvalue weighted by Gasteiger charge is -2.31. The van der Waals surface area contributed by atoms with Crippen LogP contribution in [0.2, 0.25) is 0 Å². The molecular formula is C19H21F3N3OS+. The van der Waals surface area contributed by atoms with Crippen molar-refractivity contribution in [1.29, 1.82) is 0 Å². The molecule has 1 aromatic carbocycles. The minimum atomic E-state index is -4.36. The highest BCUT2D eigenvalue weighted by Gasteiger charge is 2.33. The number of nitrogens with one attached hydrogen (secondary N) is 1. The van der Waals surface area contributed by atoms with E-state index in [1.165, 1.54) is 11.6 Å². The molecule has 1 fully saturated rings. The van der Waals surface area contributed by atoms with Crippen LogP contribution in [0.4, 0.5) is 19.0 Å². The number of nitrogens with zero attached hydrogens (tertiary/aromatic N) is 2. The molecule has 1 amide bonds. The predicted molar refractivity (Wildman–Crippen MR) is 99.8 cm³/mol. The number of aromatic nitrogens is 1. The standard InChI is InChI=1S/C19H20F3N3OS/c1-27-13-14-2-4-15(5-3-14)18(26)25-10-8-24(9-11-25)17-7-6-16(12-23-17)19(20,21)22/h2-7,12H,8-11,13H2,1H3/p+1. The number of hydrogen-bond donors (Lipinski definition) is 0. The summed E-state index contributed by atoms with van der Waals surface area (Å²) in [7, 11) is 0. The molecule has 0 spiro atoms. The van der Waals surface area contributed by atoms with Crippen LogP contribution in [0.25, 0.3) is 0 Å². The van der Waals surface area contributed by atoms with E-state index in [2.05, 4.69) is 4.98 Å². The summed E-state index contributed by atoms with van der Waals surface area (Å²) >= 11 is 1.73. The van der Waals surface area contributed by atoms with Crippen LogP contribution in [-0.2, 0) is 11.9 Å². The molecule has 1 aliphatic heterocycles. The van der Waals surface area contributed by atoms with Gasteiger partial charge in [0.15, 0.2) is 0 Å². The molecule has 3 rings (SSSR count). The lowest BCUT2D eigenvalue weighted by atomic mass is 10.1. The summed E-state index contributed by atoms with van der Waals surface area (Å²) in [6, 6.07) is 10.1. The van der Waals surface area contributed by atoms with Crippen molar-refractivity contribution in [2.75, 3.05) is 37.3 Å². The largest absolute Gasteiger partial charge is 0.419 e. The number of rotatable bonds is 4. The Bertz CT molecular complexity index is 770. The Morgan fingerprint density at radius 2 is 1.74 bits per heavy atom. The lowest BCUT2D eigenvalue weighted by Crippen LogP contribution is -2.50. The maximum atomic E-state index is 12.7. The molecule has 144 valence electrons. The number of amides is 1. The Morgan fingerprint density at radius 3 is 2.26 bits per heavy atom. The Hall–Kier alpha value is -2.22. The van der Waals surface area contributed by atoms with Crippen LogP contribution in [0.3, 0.4) is 0 Å². The fourth-order valence-electron chi connectivity index (χ4n) is 3.03. The van der Waals surface area contributed by atoms with Crippen molar-refractivity contribution >= 4 is 23.5 Å². The Kier molecular flexibility index (Phi) is 5.94. The summed E-state index contributed by atoms with van der Waals surface area (Å²) in [6.07, 6.45) is -1.35. The molecule has 0 radical (unpaired) electrons. The Morgan fingerprint density at radius 1 is 1.07 bits per heavy atom. The molecular weight excluding hydrogens is 375 g/mol. The van der Waals surface area contributed by atoms with Crippen molar-refractivity contribution in [1.82, 2.24) is 4.90 Å². The Balaban J connectivity index is 1.59. The first-order valence-corrected chi connectivity index (χ1v) is 9.99. The van der Waals surface area contributed by atoms with Crippen molar-refractivity contribution < 1.29 is 22.9 Å². The van der Waals surface area contributed by atoms with E-state index in [1.807, 2.05) is 35.4 Å². The van der Waals surface area contributed by atoms with Crippen molar-refractivity contribution in [3.8, 4) is 0 Å². The zero-order valence-corrected chi connectivity index (χ0v) is 15.7. The number of benzene rings is 1. The third kappa shape index (κ3) is 4.74. The molecule has 27 heavy (non-hydrogen) atoms. The normalized spacial score (nSPS) is 15.1. The van der Waals surface area contributed by atoms with E-state index in [0.29, 0.717) is 37.6 Å². The fraction of sp³-hybridized carbons (Fsp3) is 0.368. The van der Waals surface area contributed by atoms with E-state index in [0.717, 1.165) is 18.0 Å². The third-order valence-electron chi connectivity index (χ3n) is 4.54. The maximum Gasteiger partial charge on any atom is 0.419 e. The number of pyridine rings is 1. The predicted octanol–water partition coefficient (Wildman–Crippen LogP) is 3.34. The summed E-state index contributed by atoms with van der Waals surface area (Å²) in [4.78, 5) is 19.1. The highest BCUT2D eigenvalue weighted by molar-refractivity contribution is 7.97. The van der Waals surface area contributed by atoms with Crippen molar-refractivity contribution in [2.24, 2.45) is 0 Å². The molecule has 0 aliphatic carbocycles. The molecule has 0 bridgehead atoms. The van der Waals surface area contributed by atoms with Gasteiger partial charge in [0, 0.05) is 17.4 Å². The monoisotopic (exact) mass is 396 g/mol. The number of carbonyl (C=O) groups excluding carboxylic acids is 1. The molecule has 1 saturated heterocycles. The van der Waals surface area contributed by atoms with E-state index >= 15 is 0 Å². The average Bonchev–Trinajstić information content (AvgIpc) is 2.68. The highest BCUT2D eigenvalue weighted by Crippen LogP contribution is 2.28. The minimum Gasteiger partial charge on any atom is -0.331 e. The third-order valence-corrected chi connectivity index (χ3v) is 5.17. The van der Waals surface area contributed by atoms with Gasteiger partial charge in [-0.3, -0.25) is 9.69 Å². The lowest BCUT2D eigenvalue weighted by molar-refractivity contribution is -0.367. The molecule has 8 heteroatoms. The Labute approximate surface area is 160 Å². The number of carbonyl (C=O) groups is 1. The van der Waals surface area contributed by atoms with Gasteiger partial charge in [-0.25, -0.2) is 4.98 Å². The molecule has 2 aromatic rings. The fourth-order valence-corrected chi connectivity index (χ4v) is 3.56. The number of hydrogen-bond acceptors (Lipinski definition) is 3. The summed E-state index contributed by atoms with van der Waals surface area (Å²) in [5.41, 5.74) is 1.14. The number of aromatic amines is 1. The zero-order chi connectivity index (χ0) is 19.4. The molecule has 2 heterocycles. The number of thioether (sulfide) groups is 1. The number of H-pyrrole nitrogens is 1. The van der Waals surface area contributed by atoms with Gasteiger partial charge in [-0.05, 0) is 30.0 Å². The van der Waals surface area contributed by atoms with Gasteiger partial charge < -0.3 is 4.90 Å². The van der Waals surface area contributed by atoms with Gasteiger partial charge in [0.2, 0.25) is 0 Å². The summed E-state index contributed by atoms with van der Waals surface area (Å²) in [5, 5.41) is 0. The topological polar surface area (TPSA) is 37.7 Å². The van der Waals surface area contributed by atoms with Crippen LogP contribution in [0.1, 0.15) is 21.5 Å².